The van der Waals surface area contributed by atoms with Crippen molar-refractivity contribution in [1.29, 1.82) is 0 Å². The second-order valence-electron chi connectivity index (χ2n) is 5.06. The highest BCUT2D eigenvalue weighted by atomic mass is 35.5. The van der Waals surface area contributed by atoms with Crippen LogP contribution in [0, 0.1) is 0 Å². The van der Waals surface area contributed by atoms with Crippen LogP contribution in [0.3, 0.4) is 0 Å². The Morgan fingerprint density at radius 2 is 2.14 bits per heavy atom. The minimum absolute atomic E-state index is 0.0237. The zero-order chi connectivity index (χ0) is 15.2. The number of nitrogens with one attached hydrogen (secondary N) is 1. The van der Waals surface area contributed by atoms with Gasteiger partial charge in [-0.2, -0.15) is 13.2 Å². The maximum Gasteiger partial charge on any atom is 0.417 e. The molecule has 1 aliphatic rings. The molecule has 1 aliphatic carbocycles. The minimum atomic E-state index is -4.48. The molecule has 0 aromatic carbocycles. The van der Waals surface area contributed by atoms with Gasteiger partial charge in [0.2, 0.25) is 5.91 Å². The summed E-state index contributed by atoms with van der Waals surface area (Å²) in [5, 5.41) is 2.70. The van der Waals surface area contributed by atoms with Gasteiger partial charge in [-0.25, -0.2) is 4.98 Å². The number of fused-ring (bicyclic) bond motifs is 1. The summed E-state index contributed by atoms with van der Waals surface area (Å²) in [6, 6.07) is 1.06. The molecule has 1 saturated carbocycles. The molecule has 1 N–H and O–H groups in total. The molecule has 0 unspecified atom stereocenters. The van der Waals surface area contributed by atoms with Crippen molar-refractivity contribution in [3.05, 3.63) is 34.7 Å². The van der Waals surface area contributed by atoms with Crippen molar-refractivity contribution in [1.82, 2.24) is 14.7 Å². The van der Waals surface area contributed by atoms with Crippen LogP contribution in [0.4, 0.5) is 13.2 Å². The maximum atomic E-state index is 12.7. The highest BCUT2D eigenvalue weighted by molar-refractivity contribution is 6.33. The number of alkyl halides is 3. The molecule has 0 bridgehead atoms. The van der Waals surface area contributed by atoms with Crippen LogP contribution in [0.25, 0.3) is 5.65 Å². The van der Waals surface area contributed by atoms with E-state index in [0.717, 1.165) is 25.1 Å². The van der Waals surface area contributed by atoms with E-state index in [1.54, 1.807) is 0 Å². The van der Waals surface area contributed by atoms with Gasteiger partial charge in [-0.1, -0.05) is 11.6 Å². The van der Waals surface area contributed by atoms with E-state index in [-0.39, 0.29) is 29.0 Å². The molecule has 1 amide bonds. The van der Waals surface area contributed by atoms with Crippen molar-refractivity contribution in [3.8, 4) is 0 Å². The molecule has 2 aromatic heterocycles. The van der Waals surface area contributed by atoms with E-state index >= 15 is 0 Å². The van der Waals surface area contributed by atoms with Gasteiger partial charge >= 0.3 is 6.18 Å². The number of halogens is 4. The molecule has 0 atom stereocenters. The number of carbonyl (C=O) groups is 1. The quantitative estimate of drug-likeness (QED) is 0.946. The Hall–Kier alpha value is -1.76. The third-order valence-electron chi connectivity index (χ3n) is 3.17. The number of carbonyl (C=O) groups excluding carboxylic acids is 1. The number of pyridine rings is 1. The first-order chi connectivity index (χ1) is 9.83. The number of hydrogen-bond acceptors (Lipinski definition) is 2. The van der Waals surface area contributed by atoms with Crippen molar-refractivity contribution >= 4 is 23.2 Å². The fourth-order valence-corrected chi connectivity index (χ4v) is 2.28. The number of aromatic nitrogens is 2. The predicted molar refractivity (Wildman–Crippen MR) is 70.1 cm³/mol. The molecule has 3 rings (SSSR count). The summed E-state index contributed by atoms with van der Waals surface area (Å²) >= 11 is 5.83. The monoisotopic (exact) mass is 317 g/mol. The van der Waals surface area contributed by atoms with Gasteiger partial charge in [0.05, 0.1) is 22.7 Å². The lowest BCUT2D eigenvalue weighted by Crippen LogP contribution is -2.27. The summed E-state index contributed by atoms with van der Waals surface area (Å²) in [7, 11) is 0. The maximum absolute atomic E-state index is 12.7. The first-order valence-electron chi connectivity index (χ1n) is 6.36. The topological polar surface area (TPSA) is 46.4 Å². The second kappa shape index (κ2) is 4.91. The molecule has 4 nitrogen and oxygen atoms in total. The lowest BCUT2D eigenvalue weighted by molar-refractivity contribution is -0.137. The lowest BCUT2D eigenvalue weighted by Gasteiger charge is -2.07. The zero-order valence-corrected chi connectivity index (χ0v) is 11.5. The van der Waals surface area contributed by atoms with E-state index in [1.807, 2.05) is 0 Å². The van der Waals surface area contributed by atoms with Gasteiger partial charge in [0.25, 0.3) is 0 Å². The molecule has 0 spiro atoms. The van der Waals surface area contributed by atoms with E-state index in [1.165, 1.54) is 10.6 Å². The Kier molecular flexibility index (Phi) is 3.32. The Labute approximate surface area is 122 Å². The van der Waals surface area contributed by atoms with Crippen LogP contribution in [0.5, 0.6) is 0 Å². The zero-order valence-electron chi connectivity index (χ0n) is 10.7. The van der Waals surface area contributed by atoms with Gasteiger partial charge in [-0.3, -0.25) is 4.79 Å². The second-order valence-corrected chi connectivity index (χ2v) is 5.46. The van der Waals surface area contributed by atoms with Gasteiger partial charge in [0, 0.05) is 18.4 Å². The van der Waals surface area contributed by atoms with Gasteiger partial charge in [-0.15, -0.1) is 0 Å². The smallest absolute Gasteiger partial charge is 0.353 e. The molecular weight excluding hydrogens is 307 g/mol. The van der Waals surface area contributed by atoms with E-state index < -0.39 is 11.7 Å². The fourth-order valence-electron chi connectivity index (χ4n) is 2.02. The van der Waals surface area contributed by atoms with Crippen molar-refractivity contribution in [2.75, 3.05) is 0 Å². The van der Waals surface area contributed by atoms with Crippen molar-refractivity contribution in [2.45, 2.75) is 31.5 Å². The number of imidazole rings is 1. The summed E-state index contributed by atoms with van der Waals surface area (Å²) in [5.41, 5.74) is -0.264. The molecule has 2 aromatic rings. The Morgan fingerprint density at radius 1 is 1.43 bits per heavy atom. The SMILES string of the molecule is O=C(Cc1cn2cc(C(F)(F)F)cc(Cl)c2n1)NC1CC1. The highest BCUT2D eigenvalue weighted by Gasteiger charge is 2.32. The fraction of sp³-hybridized carbons (Fsp3) is 0.385. The van der Waals surface area contributed by atoms with Crippen LogP contribution in [0.2, 0.25) is 5.02 Å². The van der Waals surface area contributed by atoms with Crippen LogP contribution >= 0.6 is 11.6 Å². The first-order valence-corrected chi connectivity index (χ1v) is 6.74. The van der Waals surface area contributed by atoms with Crippen LogP contribution in [0.1, 0.15) is 24.1 Å². The first kappa shape index (κ1) is 14.2. The molecule has 0 saturated heterocycles. The number of rotatable bonds is 3. The van der Waals surface area contributed by atoms with Crippen LogP contribution in [-0.2, 0) is 17.4 Å². The molecule has 2 heterocycles. The summed E-state index contributed by atoms with van der Waals surface area (Å²) in [6.07, 6.45) is -0.212. The van der Waals surface area contributed by atoms with Gasteiger partial charge < -0.3 is 9.72 Å². The number of amides is 1. The number of hydrogen-bond donors (Lipinski definition) is 1. The average molecular weight is 318 g/mol. The lowest BCUT2D eigenvalue weighted by atomic mass is 10.3. The summed E-state index contributed by atoms with van der Waals surface area (Å²) in [6.45, 7) is 0. The molecular formula is C13H11ClF3N3O. The van der Waals surface area contributed by atoms with Crippen LogP contribution in [0.15, 0.2) is 18.5 Å². The largest absolute Gasteiger partial charge is 0.417 e. The Morgan fingerprint density at radius 3 is 2.76 bits per heavy atom. The minimum Gasteiger partial charge on any atom is -0.353 e. The molecule has 0 radical (unpaired) electrons. The third-order valence-corrected chi connectivity index (χ3v) is 3.45. The summed E-state index contributed by atoms with van der Waals surface area (Å²) in [5.74, 6) is -0.187. The molecule has 21 heavy (non-hydrogen) atoms. The molecule has 8 heteroatoms. The standard InChI is InChI=1S/C13H11ClF3N3O/c14-10-3-7(13(15,16)17)5-20-6-9(19-12(10)20)4-11(21)18-8-1-2-8/h3,5-6,8H,1-2,4H2,(H,18,21). The van der Waals surface area contributed by atoms with Crippen LogP contribution in [-0.4, -0.2) is 21.3 Å². The van der Waals surface area contributed by atoms with Crippen molar-refractivity contribution < 1.29 is 18.0 Å². The van der Waals surface area contributed by atoms with E-state index in [2.05, 4.69) is 10.3 Å². The number of nitrogens with zero attached hydrogens (tertiary/aromatic N) is 2. The molecule has 112 valence electrons. The average Bonchev–Trinajstić information content (AvgIpc) is 3.06. The van der Waals surface area contributed by atoms with E-state index in [9.17, 15) is 18.0 Å². The summed E-state index contributed by atoms with van der Waals surface area (Å²) < 4.78 is 39.3. The normalized spacial score (nSPS) is 15.4. The van der Waals surface area contributed by atoms with Crippen LogP contribution < -0.4 is 5.32 Å². The molecule has 1 fully saturated rings. The Bertz CT molecular complexity index is 706. The van der Waals surface area contributed by atoms with Crippen molar-refractivity contribution in [3.63, 3.8) is 0 Å². The Balaban J connectivity index is 1.88. The van der Waals surface area contributed by atoms with Gasteiger partial charge in [-0.05, 0) is 18.9 Å². The van der Waals surface area contributed by atoms with Gasteiger partial charge in [0.1, 0.15) is 0 Å². The van der Waals surface area contributed by atoms with E-state index in [4.69, 9.17) is 11.6 Å². The predicted octanol–water partition coefficient (Wildman–Crippen LogP) is 2.83. The molecule has 0 aliphatic heterocycles. The highest BCUT2D eigenvalue weighted by Crippen LogP contribution is 2.32. The van der Waals surface area contributed by atoms with Gasteiger partial charge in [0.15, 0.2) is 5.65 Å². The third kappa shape index (κ3) is 3.12. The summed E-state index contributed by atoms with van der Waals surface area (Å²) in [4.78, 5) is 15.8. The van der Waals surface area contributed by atoms with E-state index in [0.29, 0.717) is 5.69 Å². The van der Waals surface area contributed by atoms with Crippen molar-refractivity contribution in [2.24, 2.45) is 0 Å².